The molecule has 1 aliphatic rings. The predicted molar refractivity (Wildman–Crippen MR) is 63.5 cm³/mol. The monoisotopic (exact) mass is 277 g/mol. The Morgan fingerprint density at radius 2 is 2.05 bits per heavy atom. The first-order valence-corrected chi connectivity index (χ1v) is 6.34. The van der Waals surface area contributed by atoms with Crippen molar-refractivity contribution < 1.29 is 18.3 Å². The highest BCUT2D eigenvalue weighted by Gasteiger charge is 2.55. The molecular weight excluding hydrogens is 259 g/mol. The number of piperidine rings is 1. The van der Waals surface area contributed by atoms with Crippen molar-refractivity contribution in [2.24, 2.45) is 5.41 Å². The number of rotatable bonds is 4. The maximum absolute atomic E-state index is 12.9. The number of nitrogens with zero attached hydrogens (tertiary/aromatic N) is 2. The molecule has 0 aliphatic carbocycles. The lowest BCUT2D eigenvalue weighted by Gasteiger charge is -2.41. The molecule has 1 fully saturated rings. The van der Waals surface area contributed by atoms with Crippen molar-refractivity contribution >= 4 is 0 Å². The number of alkyl halides is 3. The number of aliphatic hydroxyl groups excluding tert-OH is 1. The maximum Gasteiger partial charge on any atom is 0.396 e. The summed E-state index contributed by atoms with van der Waals surface area (Å²) in [5.41, 5.74) is -0.853. The third-order valence-electron chi connectivity index (χ3n) is 3.99. The largest absolute Gasteiger partial charge is 0.396 e. The number of H-pyrrole nitrogens is 1. The lowest BCUT2D eigenvalue weighted by Crippen LogP contribution is -2.50. The van der Waals surface area contributed by atoms with E-state index in [0.29, 0.717) is 13.1 Å². The molecule has 0 saturated carbocycles. The molecule has 1 saturated heterocycles. The fourth-order valence-corrected chi connectivity index (χ4v) is 2.44. The van der Waals surface area contributed by atoms with Crippen LogP contribution in [-0.2, 0) is 6.42 Å². The maximum atomic E-state index is 12.9. The van der Waals surface area contributed by atoms with Crippen molar-refractivity contribution in [3.8, 4) is 0 Å². The van der Waals surface area contributed by atoms with Crippen LogP contribution >= 0.6 is 0 Å². The van der Waals surface area contributed by atoms with Gasteiger partial charge in [0.15, 0.2) is 0 Å². The van der Waals surface area contributed by atoms with Crippen molar-refractivity contribution in [3.05, 3.63) is 18.0 Å². The van der Waals surface area contributed by atoms with Crippen molar-refractivity contribution in [1.82, 2.24) is 15.1 Å². The summed E-state index contributed by atoms with van der Waals surface area (Å²) in [5, 5.41) is 15.6. The number of likely N-dealkylation sites (tertiary alicyclic amines) is 1. The van der Waals surface area contributed by atoms with E-state index >= 15 is 0 Å². The number of hydrogen-bond acceptors (Lipinski definition) is 3. The minimum atomic E-state index is -4.32. The summed E-state index contributed by atoms with van der Waals surface area (Å²) in [6.07, 6.45) is -0.0980. The molecule has 4 nitrogen and oxygen atoms in total. The highest BCUT2D eigenvalue weighted by atomic mass is 19.4. The van der Waals surface area contributed by atoms with Crippen LogP contribution in [0.2, 0.25) is 0 Å². The molecule has 0 bridgehead atoms. The first kappa shape index (κ1) is 14.3. The van der Waals surface area contributed by atoms with E-state index in [1.54, 1.807) is 12.4 Å². The van der Waals surface area contributed by atoms with Gasteiger partial charge in [-0.25, -0.2) is 0 Å². The standard InChI is InChI=1S/C12H18F3N3O/c13-12(14,15)11(9-19)2-5-18(6-3-11)4-1-10-7-16-17-8-10/h7-8,19H,1-6,9H2,(H,16,17). The van der Waals surface area contributed by atoms with Gasteiger partial charge in [-0.3, -0.25) is 5.10 Å². The summed E-state index contributed by atoms with van der Waals surface area (Å²) in [6, 6.07) is 0. The molecule has 0 unspecified atom stereocenters. The zero-order valence-electron chi connectivity index (χ0n) is 10.6. The molecule has 0 radical (unpaired) electrons. The number of halogens is 3. The van der Waals surface area contributed by atoms with Crippen LogP contribution in [0.1, 0.15) is 18.4 Å². The molecule has 0 atom stereocenters. The van der Waals surface area contributed by atoms with Gasteiger partial charge in [-0.15, -0.1) is 0 Å². The second kappa shape index (κ2) is 5.50. The third kappa shape index (κ3) is 3.09. The average Bonchev–Trinajstić information content (AvgIpc) is 2.89. The van der Waals surface area contributed by atoms with Gasteiger partial charge in [-0.05, 0) is 37.9 Å². The van der Waals surface area contributed by atoms with Crippen LogP contribution in [0.4, 0.5) is 13.2 Å². The van der Waals surface area contributed by atoms with Crippen molar-refractivity contribution in [3.63, 3.8) is 0 Å². The second-order valence-electron chi connectivity index (χ2n) is 5.13. The van der Waals surface area contributed by atoms with E-state index in [4.69, 9.17) is 5.11 Å². The Kier molecular flexibility index (Phi) is 4.15. The van der Waals surface area contributed by atoms with E-state index in [9.17, 15) is 13.2 Å². The average molecular weight is 277 g/mol. The fraction of sp³-hybridized carbons (Fsp3) is 0.750. The number of hydrogen-bond donors (Lipinski definition) is 2. The Labute approximate surface area is 109 Å². The lowest BCUT2D eigenvalue weighted by atomic mass is 9.78. The topological polar surface area (TPSA) is 52.1 Å². The quantitative estimate of drug-likeness (QED) is 0.878. The molecule has 108 valence electrons. The third-order valence-corrected chi connectivity index (χ3v) is 3.99. The van der Waals surface area contributed by atoms with Gasteiger partial charge in [0.2, 0.25) is 0 Å². The van der Waals surface area contributed by atoms with E-state index in [1.807, 2.05) is 4.90 Å². The van der Waals surface area contributed by atoms with Crippen LogP contribution in [0.15, 0.2) is 12.4 Å². The van der Waals surface area contributed by atoms with Crippen molar-refractivity contribution in [2.45, 2.75) is 25.4 Å². The Hall–Kier alpha value is -1.08. The van der Waals surface area contributed by atoms with Crippen molar-refractivity contribution in [1.29, 1.82) is 0 Å². The Morgan fingerprint density at radius 1 is 1.37 bits per heavy atom. The smallest absolute Gasteiger partial charge is 0.395 e. The fourth-order valence-electron chi connectivity index (χ4n) is 2.44. The first-order valence-electron chi connectivity index (χ1n) is 6.34. The number of aliphatic hydroxyl groups is 1. The first-order chi connectivity index (χ1) is 8.97. The van der Waals surface area contributed by atoms with Gasteiger partial charge in [0.25, 0.3) is 0 Å². The molecule has 0 amide bonds. The van der Waals surface area contributed by atoms with Gasteiger partial charge in [0.05, 0.1) is 18.2 Å². The van der Waals surface area contributed by atoms with Crippen LogP contribution in [0, 0.1) is 5.41 Å². The zero-order valence-corrected chi connectivity index (χ0v) is 10.6. The van der Waals surface area contributed by atoms with Gasteiger partial charge in [0, 0.05) is 12.7 Å². The summed E-state index contributed by atoms with van der Waals surface area (Å²) >= 11 is 0. The van der Waals surface area contributed by atoms with E-state index in [1.165, 1.54) is 0 Å². The SMILES string of the molecule is OCC1(C(F)(F)F)CCN(CCc2cn[nH]c2)CC1. The minimum absolute atomic E-state index is 0.0294. The summed E-state index contributed by atoms with van der Waals surface area (Å²) in [7, 11) is 0. The predicted octanol–water partition coefficient (Wildman–Crippen LogP) is 1.59. The molecule has 1 aromatic heterocycles. The molecule has 1 aromatic rings. The van der Waals surface area contributed by atoms with Gasteiger partial charge in [-0.2, -0.15) is 18.3 Å². The Balaban J connectivity index is 1.85. The zero-order chi connectivity index (χ0) is 13.9. The summed E-state index contributed by atoms with van der Waals surface area (Å²) in [5.74, 6) is 0. The Bertz CT molecular complexity index is 383. The van der Waals surface area contributed by atoms with E-state index < -0.39 is 18.2 Å². The van der Waals surface area contributed by atoms with Gasteiger partial charge < -0.3 is 10.0 Å². The molecule has 2 heterocycles. The molecule has 7 heteroatoms. The highest BCUT2D eigenvalue weighted by Crippen LogP contribution is 2.45. The van der Waals surface area contributed by atoms with Gasteiger partial charge >= 0.3 is 6.18 Å². The summed E-state index contributed by atoms with van der Waals surface area (Å²) in [4.78, 5) is 2.01. The normalized spacial score (nSPS) is 20.6. The molecule has 1 aliphatic heterocycles. The van der Waals surface area contributed by atoms with Gasteiger partial charge in [0.1, 0.15) is 0 Å². The Morgan fingerprint density at radius 3 is 2.53 bits per heavy atom. The molecule has 2 N–H and O–H groups in total. The summed E-state index contributed by atoms with van der Waals surface area (Å²) < 4.78 is 38.8. The van der Waals surface area contributed by atoms with Crippen LogP contribution in [0.5, 0.6) is 0 Å². The number of aromatic nitrogens is 2. The van der Waals surface area contributed by atoms with Gasteiger partial charge in [-0.1, -0.05) is 0 Å². The van der Waals surface area contributed by atoms with E-state index in [2.05, 4.69) is 10.2 Å². The number of nitrogens with one attached hydrogen (secondary N) is 1. The summed E-state index contributed by atoms with van der Waals surface area (Å²) in [6.45, 7) is 0.654. The van der Waals surface area contributed by atoms with Crippen LogP contribution in [-0.4, -0.2) is 52.6 Å². The van der Waals surface area contributed by atoms with E-state index in [-0.39, 0.29) is 12.8 Å². The molecule has 2 rings (SSSR count). The van der Waals surface area contributed by atoms with Crippen LogP contribution < -0.4 is 0 Å². The molecule has 0 aromatic carbocycles. The lowest BCUT2D eigenvalue weighted by molar-refractivity contribution is -0.249. The van der Waals surface area contributed by atoms with E-state index in [0.717, 1.165) is 18.5 Å². The van der Waals surface area contributed by atoms with Crippen molar-refractivity contribution in [2.75, 3.05) is 26.2 Å². The minimum Gasteiger partial charge on any atom is -0.395 e. The number of aromatic amines is 1. The molecule has 19 heavy (non-hydrogen) atoms. The molecular formula is C12H18F3N3O. The highest BCUT2D eigenvalue weighted by molar-refractivity contribution is 5.03. The molecule has 0 spiro atoms. The van der Waals surface area contributed by atoms with Crippen LogP contribution in [0.25, 0.3) is 0 Å². The van der Waals surface area contributed by atoms with Crippen LogP contribution in [0.3, 0.4) is 0 Å². The second-order valence-corrected chi connectivity index (χ2v) is 5.13.